The molecule has 1 aromatic heterocycles. The van der Waals surface area contributed by atoms with Gasteiger partial charge in [-0.15, -0.1) is 0 Å². The van der Waals surface area contributed by atoms with E-state index in [1.54, 1.807) is 20.4 Å². The summed E-state index contributed by atoms with van der Waals surface area (Å²) >= 11 is 0. The molecule has 0 bridgehead atoms. The predicted molar refractivity (Wildman–Crippen MR) is 77.3 cm³/mol. The summed E-state index contributed by atoms with van der Waals surface area (Å²) in [6.07, 6.45) is 1.74. The maximum atomic E-state index is 6.17. The van der Waals surface area contributed by atoms with Crippen LogP contribution in [-0.4, -0.2) is 25.8 Å². The summed E-state index contributed by atoms with van der Waals surface area (Å²) in [5.74, 6) is 2.52. The van der Waals surface area contributed by atoms with Crippen LogP contribution in [0.25, 0.3) is 0 Å². The van der Waals surface area contributed by atoms with E-state index in [2.05, 4.69) is 4.98 Å². The van der Waals surface area contributed by atoms with Crippen LogP contribution in [0, 0.1) is 0 Å². The summed E-state index contributed by atoms with van der Waals surface area (Å²) < 4.78 is 22.4. The molecular formula is C16H17NO4. The van der Waals surface area contributed by atoms with Crippen molar-refractivity contribution in [3.63, 3.8) is 0 Å². The fourth-order valence-corrected chi connectivity index (χ4v) is 2.30. The number of ether oxygens (including phenoxy) is 4. The molecule has 0 spiro atoms. The van der Waals surface area contributed by atoms with Crippen LogP contribution in [0.1, 0.15) is 12.5 Å². The van der Waals surface area contributed by atoms with Crippen molar-refractivity contribution in [1.29, 1.82) is 0 Å². The van der Waals surface area contributed by atoms with E-state index in [1.165, 1.54) is 0 Å². The Kier molecular flexibility index (Phi) is 3.33. The van der Waals surface area contributed by atoms with Crippen LogP contribution in [0.3, 0.4) is 0 Å². The Morgan fingerprint density at radius 2 is 2.00 bits per heavy atom. The minimum atomic E-state index is -0.624. The third-order valence-electron chi connectivity index (χ3n) is 3.55. The summed E-state index contributed by atoms with van der Waals surface area (Å²) in [6.45, 7) is 2.37. The normalized spacial score (nSPS) is 20.0. The first-order valence-electron chi connectivity index (χ1n) is 6.65. The topological polar surface area (TPSA) is 49.8 Å². The van der Waals surface area contributed by atoms with Crippen LogP contribution in [0.4, 0.5) is 0 Å². The number of hydrogen-bond donors (Lipinski definition) is 0. The fraction of sp³-hybridized carbons (Fsp3) is 0.312. The van der Waals surface area contributed by atoms with Gasteiger partial charge in [0.2, 0.25) is 11.6 Å². The fourth-order valence-electron chi connectivity index (χ4n) is 2.30. The molecule has 5 heteroatoms. The van der Waals surface area contributed by atoms with Gasteiger partial charge in [0.1, 0.15) is 6.61 Å². The van der Waals surface area contributed by atoms with E-state index in [1.807, 2.05) is 37.3 Å². The zero-order chi connectivity index (χ0) is 14.9. The molecule has 0 saturated carbocycles. The zero-order valence-electron chi connectivity index (χ0n) is 12.3. The van der Waals surface area contributed by atoms with Crippen LogP contribution in [0.15, 0.2) is 36.5 Å². The summed E-state index contributed by atoms with van der Waals surface area (Å²) in [5.41, 5.74) is 0.292. The Labute approximate surface area is 123 Å². The molecule has 1 atom stereocenters. The van der Waals surface area contributed by atoms with Crippen LogP contribution >= 0.6 is 0 Å². The van der Waals surface area contributed by atoms with Crippen LogP contribution < -0.4 is 18.9 Å². The second-order valence-electron chi connectivity index (χ2n) is 5.00. The van der Waals surface area contributed by atoms with Gasteiger partial charge in [0.05, 0.1) is 14.2 Å². The molecule has 0 saturated heterocycles. The van der Waals surface area contributed by atoms with E-state index >= 15 is 0 Å². The smallest absolute Gasteiger partial charge is 0.212 e. The number of nitrogens with zero attached hydrogens (tertiary/aromatic N) is 1. The number of para-hydroxylation sites is 1. The molecule has 1 unspecified atom stereocenters. The standard InChI is InChI=1S/C16H17NO4/c1-16(11-7-8-14(19-3)17-9-11)10-20-13-6-4-5-12(18-2)15(13)21-16/h4-9H,10H2,1-3H3. The first kappa shape index (κ1) is 13.5. The third kappa shape index (κ3) is 2.35. The summed E-state index contributed by atoms with van der Waals surface area (Å²) in [4.78, 5) is 4.23. The minimum absolute atomic E-state index is 0.404. The van der Waals surface area contributed by atoms with E-state index in [0.717, 1.165) is 5.56 Å². The molecule has 5 nitrogen and oxygen atoms in total. The van der Waals surface area contributed by atoms with Crippen molar-refractivity contribution >= 4 is 0 Å². The Bertz CT molecular complexity index is 627. The maximum absolute atomic E-state index is 6.17. The van der Waals surface area contributed by atoms with Crippen molar-refractivity contribution in [3.05, 3.63) is 42.1 Å². The second kappa shape index (κ2) is 5.16. The van der Waals surface area contributed by atoms with Gasteiger partial charge in [0.25, 0.3) is 0 Å². The van der Waals surface area contributed by atoms with Gasteiger partial charge in [0.15, 0.2) is 17.1 Å². The highest BCUT2D eigenvalue weighted by molar-refractivity contribution is 5.53. The zero-order valence-corrected chi connectivity index (χ0v) is 12.3. The number of hydrogen-bond acceptors (Lipinski definition) is 5. The molecular weight excluding hydrogens is 270 g/mol. The monoisotopic (exact) mass is 287 g/mol. The first-order valence-corrected chi connectivity index (χ1v) is 6.65. The predicted octanol–water partition coefficient (Wildman–Crippen LogP) is 2.79. The molecule has 0 fully saturated rings. The third-order valence-corrected chi connectivity index (χ3v) is 3.55. The summed E-state index contributed by atoms with van der Waals surface area (Å²) in [6, 6.07) is 9.32. The number of aromatic nitrogens is 1. The molecule has 0 aliphatic carbocycles. The van der Waals surface area contributed by atoms with Gasteiger partial charge >= 0.3 is 0 Å². The molecule has 1 aromatic carbocycles. The van der Waals surface area contributed by atoms with E-state index in [0.29, 0.717) is 29.7 Å². The Balaban J connectivity index is 1.96. The van der Waals surface area contributed by atoms with Gasteiger partial charge in [-0.3, -0.25) is 0 Å². The highest BCUT2D eigenvalue weighted by Crippen LogP contribution is 2.45. The van der Waals surface area contributed by atoms with Gasteiger partial charge in [0, 0.05) is 17.8 Å². The number of rotatable bonds is 3. The van der Waals surface area contributed by atoms with Crippen LogP contribution in [0.5, 0.6) is 23.1 Å². The van der Waals surface area contributed by atoms with Crippen molar-refractivity contribution in [2.45, 2.75) is 12.5 Å². The summed E-state index contributed by atoms with van der Waals surface area (Å²) in [7, 11) is 3.20. The molecule has 2 heterocycles. The summed E-state index contributed by atoms with van der Waals surface area (Å²) in [5, 5.41) is 0. The van der Waals surface area contributed by atoms with Gasteiger partial charge in [-0.25, -0.2) is 4.98 Å². The average molecular weight is 287 g/mol. The Morgan fingerprint density at radius 1 is 1.14 bits per heavy atom. The molecule has 21 heavy (non-hydrogen) atoms. The van der Waals surface area contributed by atoms with Crippen molar-refractivity contribution < 1.29 is 18.9 Å². The molecule has 0 N–H and O–H groups in total. The van der Waals surface area contributed by atoms with Crippen molar-refractivity contribution in [2.24, 2.45) is 0 Å². The molecule has 110 valence electrons. The highest BCUT2D eigenvalue weighted by atomic mass is 16.6. The lowest BCUT2D eigenvalue weighted by Crippen LogP contribution is -2.39. The van der Waals surface area contributed by atoms with Crippen LogP contribution in [-0.2, 0) is 5.60 Å². The minimum Gasteiger partial charge on any atom is -0.493 e. The molecule has 1 aliphatic rings. The maximum Gasteiger partial charge on any atom is 0.212 e. The van der Waals surface area contributed by atoms with E-state index in [9.17, 15) is 0 Å². The molecule has 3 rings (SSSR count). The van der Waals surface area contributed by atoms with E-state index < -0.39 is 5.60 Å². The average Bonchev–Trinajstić information content (AvgIpc) is 2.54. The first-order chi connectivity index (χ1) is 10.2. The van der Waals surface area contributed by atoms with Crippen molar-refractivity contribution in [3.8, 4) is 23.1 Å². The van der Waals surface area contributed by atoms with Gasteiger partial charge in [-0.2, -0.15) is 0 Å². The number of benzene rings is 1. The Hall–Kier alpha value is -2.43. The highest BCUT2D eigenvalue weighted by Gasteiger charge is 2.37. The second-order valence-corrected chi connectivity index (χ2v) is 5.00. The molecule has 2 aromatic rings. The SMILES string of the molecule is COc1ccc(C2(C)COc3cccc(OC)c3O2)cn1. The molecule has 0 radical (unpaired) electrons. The van der Waals surface area contributed by atoms with Gasteiger partial charge < -0.3 is 18.9 Å². The molecule has 0 amide bonds. The van der Waals surface area contributed by atoms with Crippen molar-refractivity contribution in [2.75, 3.05) is 20.8 Å². The van der Waals surface area contributed by atoms with Crippen molar-refractivity contribution in [1.82, 2.24) is 4.98 Å². The lowest BCUT2D eigenvalue weighted by Gasteiger charge is -2.36. The van der Waals surface area contributed by atoms with Crippen LogP contribution in [0.2, 0.25) is 0 Å². The van der Waals surface area contributed by atoms with Gasteiger partial charge in [-0.1, -0.05) is 6.07 Å². The lowest BCUT2D eigenvalue weighted by molar-refractivity contribution is -0.000349. The lowest BCUT2D eigenvalue weighted by atomic mass is 9.97. The van der Waals surface area contributed by atoms with E-state index in [-0.39, 0.29) is 0 Å². The van der Waals surface area contributed by atoms with E-state index in [4.69, 9.17) is 18.9 Å². The Morgan fingerprint density at radius 3 is 2.67 bits per heavy atom. The molecule has 1 aliphatic heterocycles. The largest absolute Gasteiger partial charge is 0.493 e. The number of pyridine rings is 1. The van der Waals surface area contributed by atoms with Gasteiger partial charge in [-0.05, 0) is 25.1 Å². The quantitative estimate of drug-likeness (QED) is 0.868. The number of fused-ring (bicyclic) bond motifs is 1. The number of methoxy groups -OCH3 is 2.